The van der Waals surface area contributed by atoms with Crippen LogP contribution in [0.15, 0.2) is 28.8 Å². The van der Waals surface area contributed by atoms with Crippen molar-refractivity contribution in [1.82, 2.24) is 20.4 Å². The van der Waals surface area contributed by atoms with Gasteiger partial charge in [-0.2, -0.15) is 4.98 Å². The van der Waals surface area contributed by atoms with E-state index in [4.69, 9.17) is 4.52 Å². The fraction of sp³-hybridized carbons (Fsp3) is 0.550. The second-order valence-corrected chi connectivity index (χ2v) is 7.88. The van der Waals surface area contributed by atoms with Gasteiger partial charge in [0.1, 0.15) is 0 Å². The number of nitrogens with zero attached hydrogens (tertiary/aromatic N) is 3. The maximum atomic E-state index is 13.2. The first-order chi connectivity index (χ1) is 12.6. The lowest BCUT2D eigenvalue weighted by molar-refractivity contribution is 0.0608. The molecule has 1 amide bonds. The summed E-state index contributed by atoms with van der Waals surface area (Å²) >= 11 is 0. The molecule has 6 nitrogen and oxygen atoms in total. The second kappa shape index (κ2) is 6.83. The fourth-order valence-corrected chi connectivity index (χ4v) is 4.01. The van der Waals surface area contributed by atoms with Crippen molar-refractivity contribution in [1.29, 1.82) is 0 Å². The van der Waals surface area contributed by atoms with Crippen LogP contribution in [0.2, 0.25) is 0 Å². The molecule has 0 saturated carbocycles. The summed E-state index contributed by atoms with van der Waals surface area (Å²) in [7, 11) is 0. The molecular formula is C20H26N4O2. The predicted octanol–water partition coefficient (Wildman–Crippen LogP) is 3.08. The van der Waals surface area contributed by atoms with Crippen LogP contribution >= 0.6 is 0 Å². The summed E-state index contributed by atoms with van der Waals surface area (Å²) in [6.07, 6.45) is 3.38. The summed E-state index contributed by atoms with van der Waals surface area (Å²) < 4.78 is 5.43. The van der Waals surface area contributed by atoms with Gasteiger partial charge in [0.25, 0.3) is 11.8 Å². The Hall–Kier alpha value is -2.21. The van der Waals surface area contributed by atoms with Gasteiger partial charge in [0.2, 0.25) is 0 Å². The van der Waals surface area contributed by atoms with Crippen molar-refractivity contribution in [2.24, 2.45) is 5.41 Å². The highest BCUT2D eigenvalue weighted by atomic mass is 16.5. The molecule has 0 radical (unpaired) electrons. The molecule has 1 spiro atoms. The standard InChI is InChI=1S/C20H26N4O2/c1-14(2)17-22-18(26-23-17)15-5-3-4-6-16(15)19(25)24-11-8-20(9-12-24)7-10-21-13-20/h3-6,14,21H,7-13H2,1-2H3. The number of rotatable bonds is 3. The Balaban J connectivity index is 1.55. The van der Waals surface area contributed by atoms with E-state index < -0.39 is 0 Å². The average Bonchev–Trinajstić information content (AvgIpc) is 3.32. The van der Waals surface area contributed by atoms with E-state index in [0.29, 0.717) is 22.7 Å². The lowest BCUT2D eigenvalue weighted by Crippen LogP contribution is -2.44. The molecule has 1 N–H and O–H groups in total. The maximum Gasteiger partial charge on any atom is 0.258 e. The smallest absolute Gasteiger partial charge is 0.258 e. The van der Waals surface area contributed by atoms with Gasteiger partial charge in [-0.25, -0.2) is 0 Å². The molecule has 4 rings (SSSR count). The Labute approximate surface area is 154 Å². The Kier molecular flexibility index (Phi) is 4.53. The quantitative estimate of drug-likeness (QED) is 0.917. The monoisotopic (exact) mass is 354 g/mol. The third-order valence-electron chi connectivity index (χ3n) is 5.79. The van der Waals surface area contributed by atoms with Gasteiger partial charge in [-0.1, -0.05) is 31.1 Å². The van der Waals surface area contributed by atoms with Crippen molar-refractivity contribution in [2.45, 2.75) is 39.0 Å². The van der Waals surface area contributed by atoms with Gasteiger partial charge in [0.15, 0.2) is 5.82 Å². The van der Waals surface area contributed by atoms with Gasteiger partial charge in [-0.3, -0.25) is 4.79 Å². The average molecular weight is 354 g/mol. The number of likely N-dealkylation sites (tertiary alicyclic amines) is 1. The molecular weight excluding hydrogens is 328 g/mol. The zero-order chi connectivity index (χ0) is 18.1. The summed E-state index contributed by atoms with van der Waals surface area (Å²) in [6, 6.07) is 7.54. The van der Waals surface area contributed by atoms with Gasteiger partial charge < -0.3 is 14.7 Å². The van der Waals surface area contributed by atoms with Crippen molar-refractivity contribution >= 4 is 5.91 Å². The first-order valence-corrected chi connectivity index (χ1v) is 9.51. The SMILES string of the molecule is CC(C)c1noc(-c2ccccc2C(=O)N2CCC3(CCNC3)CC2)n1. The second-order valence-electron chi connectivity index (χ2n) is 7.88. The molecule has 2 aliphatic rings. The summed E-state index contributed by atoms with van der Waals surface area (Å²) in [5.41, 5.74) is 1.77. The third-order valence-corrected chi connectivity index (χ3v) is 5.79. The highest BCUT2D eigenvalue weighted by Gasteiger charge is 2.38. The van der Waals surface area contributed by atoms with E-state index in [1.54, 1.807) is 0 Å². The molecule has 26 heavy (non-hydrogen) atoms. The number of hydrogen-bond donors (Lipinski definition) is 1. The first kappa shape index (κ1) is 17.2. The number of benzene rings is 1. The Morgan fingerprint density at radius 3 is 2.65 bits per heavy atom. The molecule has 2 saturated heterocycles. The summed E-state index contributed by atoms with van der Waals surface area (Å²) in [5, 5.41) is 7.50. The van der Waals surface area contributed by atoms with Crippen molar-refractivity contribution in [3.05, 3.63) is 35.7 Å². The number of nitrogens with one attached hydrogen (secondary N) is 1. The zero-order valence-electron chi connectivity index (χ0n) is 15.5. The maximum absolute atomic E-state index is 13.2. The summed E-state index contributed by atoms with van der Waals surface area (Å²) in [6.45, 7) is 7.86. The van der Waals surface area contributed by atoms with E-state index in [1.807, 2.05) is 43.0 Å². The number of hydrogen-bond acceptors (Lipinski definition) is 5. The van der Waals surface area contributed by atoms with Crippen molar-refractivity contribution < 1.29 is 9.32 Å². The molecule has 3 heterocycles. The van der Waals surface area contributed by atoms with Crippen molar-refractivity contribution in [3.8, 4) is 11.5 Å². The van der Waals surface area contributed by atoms with Crippen LogP contribution in [0.1, 0.15) is 55.2 Å². The molecule has 1 aromatic carbocycles. The van der Waals surface area contributed by atoms with Gasteiger partial charge in [-0.05, 0) is 43.4 Å². The lowest BCUT2D eigenvalue weighted by atomic mass is 9.77. The molecule has 2 fully saturated rings. The van der Waals surface area contributed by atoms with Crippen LogP contribution in [0.5, 0.6) is 0 Å². The van der Waals surface area contributed by atoms with Gasteiger partial charge in [0, 0.05) is 25.6 Å². The molecule has 1 aromatic heterocycles. The largest absolute Gasteiger partial charge is 0.339 e. The molecule has 0 aliphatic carbocycles. The highest BCUT2D eigenvalue weighted by Crippen LogP contribution is 2.37. The normalized spacial score (nSPS) is 19.4. The van der Waals surface area contributed by atoms with E-state index in [9.17, 15) is 4.79 Å². The summed E-state index contributed by atoms with van der Waals surface area (Å²) in [5.74, 6) is 1.33. The number of carbonyl (C=O) groups is 1. The van der Waals surface area contributed by atoms with E-state index in [2.05, 4.69) is 15.5 Å². The van der Waals surface area contributed by atoms with Crippen LogP contribution in [-0.4, -0.2) is 47.1 Å². The van der Waals surface area contributed by atoms with Crippen LogP contribution in [-0.2, 0) is 0 Å². The number of aromatic nitrogens is 2. The molecule has 0 bridgehead atoms. The van der Waals surface area contributed by atoms with Gasteiger partial charge in [-0.15, -0.1) is 0 Å². The number of amides is 1. The highest BCUT2D eigenvalue weighted by molar-refractivity contribution is 6.00. The number of carbonyl (C=O) groups excluding carboxylic acids is 1. The van der Waals surface area contributed by atoms with E-state index in [1.165, 1.54) is 6.42 Å². The van der Waals surface area contributed by atoms with Crippen LogP contribution in [0.25, 0.3) is 11.5 Å². The van der Waals surface area contributed by atoms with Gasteiger partial charge in [0.05, 0.1) is 11.1 Å². The minimum Gasteiger partial charge on any atom is -0.339 e. The van der Waals surface area contributed by atoms with E-state index >= 15 is 0 Å². The molecule has 6 heteroatoms. The molecule has 2 aromatic rings. The Bertz CT molecular complexity index is 783. The molecule has 0 atom stereocenters. The first-order valence-electron chi connectivity index (χ1n) is 9.51. The van der Waals surface area contributed by atoms with Crippen LogP contribution in [0.3, 0.4) is 0 Å². The van der Waals surface area contributed by atoms with E-state index in [-0.39, 0.29) is 11.8 Å². The minimum absolute atomic E-state index is 0.0608. The predicted molar refractivity (Wildman–Crippen MR) is 98.9 cm³/mol. The third kappa shape index (κ3) is 3.14. The van der Waals surface area contributed by atoms with Crippen molar-refractivity contribution in [2.75, 3.05) is 26.2 Å². The van der Waals surface area contributed by atoms with Crippen molar-refractivity contribution in [3.63, 3.8) is 0 Å². The van der Waals surface area contributed by atoms with Gasteiger partial charge >= 0.3 is 0 Å². The van der Waals surface area contributed by atoms with Crippen LogP contribution < -0.4 is 5.32 Å². The zero-order valence-corrected chi connectivity index (χ0v) is 15.5. The molecule has 2 aliphatic heterocycles. The Morgan fingerprint density at radius 2 is 2.00 bits per heavy atom. The fourth-order valence-electron chi connectivity index (χ4n) is 4.01. The molecule has 0 unspecified atom stereocenters. The topological polar surface area (TPSA) is 71.3 Å². The summed E-state index contributed by atoms with van der Waals surface area (Å²) in [4.78, 5) is 19.6. The number of piperidine rings is 1. The molecule has 138 valence electrons. The van der Waals surface area contributed by atoms with Crippen LogP contribution in [0, 0.1) is 5.41 Å². The Morgan fingerprint density at radius 1 is 1.23 bits per heavy atom. The van der Waals surface area contributed by atoms with E-state index in [0.717, 1.165) is 44.6 Å². The lowest BCUT2D eigenvalue weighted by Gasteiger charge is -2.39. The van der Waals surface area contributed by atoms with Crippen LogP contribution in [0.4, 0.5) is 0 Å². The minimum atomic E-state index is 0.0608.